The summed E-state index contributed by atoms with van der Waals surface area (Å²) in [7, 11) is 1.72. The lowest BCUT2D eigenvalue weighted by atomic mass is 9.93. The molecule has 0 radical (unpaired) electrons. The number of anilines is 1. The maximum Gasteiger partial charge on any atom is 0.262 e. The summed E-state index contributed by atoms with van der Waals surface area (Å²) >= 11 is 0. The fourth-order valence-electron chi connectivity index (χ4n) is 3.83. The topological polar surface area (TPSA) is 86.3 Å². The molecule has 1 aliphatic heterocycles. The van der Waals surface area contributed by atoms with Crippen molar-refractivity contribution in [2.45, 2.75) is 25.8 Å². The third-order valence-electron chi connectivity index (χ3n) is 5.27. The van der Waals surface area contributed by atoms with E-state index in [0.29, 0.717) is 0 Å². The Hall–Kier alpha value is -3.54. The number of carbonyl (C=O) groups is 1. The van der Waals surface area contributed by atoms with E-state index < -0.39 is 0 Å². The number of hydrogen-bond donors (Lipinski definition) is 2. The Balaban J connectivity index is 1.74. The predicted molar refractivity (Wildman–Crippen MR) is 112 cm³/mol. The number of hydrogen-bond acceptors (Lipinski definition) is 5. The summed E-state index contributed by atoms with van der Waals surface area (Å²) in [6, 6.07) is 11.8. The molecule has 0 saturated heterocycles. The van der Waals surface area contributed by atoms with Gasteiger partial charge in [-0.2, -0.15) is 0 Å². The Labute approximate surface area is 168 Å². The molecule has 1 aromatic heterocycles. The van der Waals surface area contributed by atoms with E-state index in [4.69, 9.17) is 4.42 Å². The molecular weight excluding hydrogens is 368 g/mol. The van der Waals surface area contributed by atoms with Crippen molar-refractivity contribution in [2.75, 3.05) is 11.9 Å². The van der Waals surface area contributed by atoms with Gasteiger partial charge in [-0.15, -0.1) is 0 Å². The van der Waals surface area contributed by atoms with Crippen LogP contribution < -0.4 is 4.90 Å². The van der Waals surface area contributed by atoms with Gasteiger partial charge in [0.15, 0.2) is 0 Å². The van der Waals surface area contributed by atoms with Crippen molar-refractivity contribution in [3.05, 3.63) is 65.4 Å². The zero-order chi connectivity index (χ0) is 20.5. The Kier molecular flexibility index (Phi) is 4.84. The van der Waals surface area contributed by atoms with Crippen LogP contribution in [0.2, 0.25) is 0 Å². The maximum absolute atomic E-state index is 13.2. The number of aryl methyl sites for hydroxylation is 1. The van der Waals surface area contributed by atoms with Crippen molar-refractivity contribution < 1.29 is 19.4 Å². The summed E-state index contributed by atoms with van der Waals surface area (Å²) < 4.78 is 5.66. The van der Waals surface area contributed by atoms with Crippen LogP contribution in [0.5, 0.6) is 11.5 Å². The number of amides is 1. The normalized spacial score (nSPS) is 16.2. The van der Waals surface area contributed by atoms with Gasteiger partial charge >= 0.3 is 0 Å². The minimum atomic E-state index is -0.291. The molecule has 3 aromatic rings. The molecule has 0 saturated carbocycles. The molecule has 4 rings (SSSR count). The summed E-state index contributed by atoms with van der Waals surface area (Å²) in [6.45, 7) is 1.99. The average molecular weight is 390 g/mol. The molecule has 0 fully saturated rings. The molecule has 0 bridgehead atoms. The summed E-state index contributed by atoms with van der Waals surface area (Å²) in [5.41, 5.74) is 3.86. The minimum Gasteiger partial charge on any atom is -0.508 e. The molecule has 2 heterocycles. The van der Waals surface area contributed by atoms with Crippen molar-refractivity contribution in [3.8, 4) is 22.8 Å². The van der Waals surface area contributed by atoms with Gasteiger partial charge in [-0.3, -0.25) is 9.79 Å². The van der Waals surface area contributed by atoms with Crippen molar-refractivity contribution in [3.63, 3.8) is 0 Å². The van der Waals surface area contributed by atoms with E-state index in [0.717, 1.165) is 41.0 Å². The summed E-state index contributed by atoms with van der Waals surface area (Å²) in [5, 5.41) is 19.7. The molecule has 0 spiro atoms. The number of fused-ring (bicyclic) bond motifs is 1. The van der Waals surface area contributed by atoms with Gasteiger partial charge in [-0.1, -0.05) is 0 Å². The molecule has 148 valence electrons. The summed E-state index contributed by atoms with van der Waals surface area (Å²) in [6.07, 6.45) is 5.04. The number of benzene rings is 2. The van der Waals surface area contributed by atoms with E-state index >= 15 is 0 Å². The lowest BCUT2D eigenvalue weighted by Crippen LogP contribution is -2.42. The number of aromatic hydroxyl groups is 2. The third kappa shape index (κ3) is 3.38. The molecule has 1 aliphatic rings. The zero-order valence-corrected chi connectivity index (χ0v) is 16.3. The summed E-state index contributed by atoms with van der Waals surface area (Å²) in [4.78, 5) is 19.0. The smallest absolute Gasteiger partial charge is 0.262 e. The molecular formula is C23H22N2O4. The first-order valence-electron chi connectivity index (χ1n) is 9.48. The van der Waals surface area contributed by atoms with Crippen LogP contribution in [-0.4, -0.2) is 35.4 Å². The van der Waals surface area contributed by atoms with Crippen molar-refractivity contribution in [1.29, 1.82) is 0 Å². The monoisotopic (exact) mass is 390 g/mol. The molecule has 1 amide bonds. The highest BCUT2D eigenvalue weighted by Gasteiger charge is 2.30. The Morgan fingerprint density at radius 2 is 2.03 bits per heavy atom. The van der Waals surface area contributed by atoms with Crippen molar-refractivity contribution in [1.82, 2.24) is 0 Å². The van der Waals surface area contributed by atoms with E-state index in [9.17, 15) is 15.0 Å². The molecule has 29 heavy (non-hydrogen) atoms. The number of phenols is 2. The largest absolute Gasteiger partial charge is 0.508 e. The van der Waals surface area contributed by atoms with Crippen molar-refractivity contribution in [2.24, 2.45) is 4.99 Å². The number of phenolic OH excluding ortho intramolecular Hbond substituents is 2. The van der Waals surface area contributed by atoms with Crippen LogP contribution in [0.25, 0.3) is 11.3 Å². The first-order valence-corrected chi connectivity index (χ1v) is 9.48. The van der Waals surface area contributed by atoms with E-state index in [1.54, 1.807) is 24.4 Å². The molecule has 1 unspecified atom stereocenters. The second-order valence-corrected chi connectivity index (χ2v) is 7.20. The van der Waals surface area contributed by atoms with Gasteiger partial charge in [0.2, 0.25) is 0 Å². The zero-order valence-electron chi connectivity index (χ0n) is 16.3. The van der Waals surface area contributed by atoms with Crippen molar-refractivity contribution >= 4 is 17.8 Å². The Bertz CT molecular complexity index is 1100. The second kappa shape index (κ2) is 7.47. The quantitative estimate of drug-likeness (QED) is 0.650. The van der Waals surface area contributed by atoms with Crippen LogP contribution in [0, 0.1) is 0 Å². The number of carbonyl (C=O) groups excluding carboxylic acids is 1. The van der Waals surface area contributed by atoms with Crippen LogP contribution >= 0.6 is 0 Å². The van der Waals surface area contributed by atoms with Gasteiger partial charge in [0.25, 0.3) is 5.91 Å². The summed E-state index contributed by atoms with van der Waals surface area (Å²) in [5.74, 6) is 0.136. The molecule has 6 nitrogen and oxygen atoms in total. The molecule has 2 N–H and O–H groups in total. The fraction of sp³-hybridized carbons (Fsp3) is 0.217. The van der Waals surface area contributed by atoms with Crippen LogP contribution in [0.1, 0.15) is 34.8 Å². The lowest BCUT2D eigenvalue weighted by Gasteiger charge is -2.35. The lowest BCUT2D eigenvalue weighted by molar-refractivity contribution is 0.0972. The first kappa shape index (κ1) is 18.8. The van der Waals surface area contributed by atoms with Gasteiger partial charge in [0.1, 0.15) is 17.3 Å². The average Bonchev–Trinajstić information content (AvgIpc) is 3.16. The highest BCUT2D eigenvalue weighted by molar-refractivity contribution is 6.09. The predicted octanol–water partition coefficient (Wildman–Crippen LogP) is 4.39. The standard InChI is InChI=1S/C23H22N2O4/c1-14-3-4-15-11-16(22-17(13-24-2)9-10-29-22)5-8-20(15)25(14)23(28)19-7-6-18(26)12-21(19)27/h5-14,26-27H,3-4H2,1-2H3. The van der Waals surface area contributed by atoms with Gasteiger partial charge < -0.3 is 19.5 Å². The SMILES string of the molecule is CN=Cc1ccoc1-c1ccc2c(c1)CCC(C)N2C(=O)c1ccc(O)cc1O. The van der Waals surface area contributed by atoms with Gasteiger partial charge in [-0.25, -0.2) is 0 Å². The minimum absolute atomic E-state index is 0.0135. The van der Waals surface area contributed by atoms with Crippen LogP contribution in [-0.2, 0) is 6.42 Å². The van der Waals surface area contributed by atoms with Crippen LogP contribution in [0.3, 0.4) is 0 Å². The van der Waals surface area contributed by atoms with E-state index in [-0.39, 0.29) is 29.0 Å². The number of furan rings is 1. The Morgan fingerprint density at radius 3 is 2.79 bits per heavy atom. The second-order valence-electron chi connectivity index (χ2n) is 7.20. The van der Waals surface area contributed by atoms with E-state index in [2.05, 4.69) is 4.99 Å². The molecule has 0 aliphatic carbocycles. The van der Waals surface area contributed by atoms with E-state index in [1.165, 1.54) is 18.2 Å². The molecule has 2 aromatic carbocycles. The number of aliphatic imine (C=N–C) groups is 1. The highest BCUT2D eigenvalue weighted by Crippen LogP contribution is 2.37. The van der Waals surface area contributed by atoms with Crippen LogP contribution in [0.15, 0.2) is 58.1 Å². The van der Waals surface area contributed by atoms with Gasteiger partial charge in [-0.05, 0) is 61.7 Å². The van der Waals surface area contributed by atoms with E-state index in [1.807, 2.05) is 31.2 Å². The van der Waals surface area contributed by atoms with Gasteiger partial charge in [0.05, 0.1) is 11.8 Å². The Morgan fingerprint density at radius 1 is 1.21 bits per heavy atom. The van der Waals surface area contributed by atoms with Crippen LogP contribution in [0.4, 0.5) is 5.69 Å². The molecule has 6 heteroatoms. The maximum atomic E-state index is 13.2. The third-order valence-corrected chi connectivity index (χ3v) is 5.27. The molecule has 1 atom stereocenters. The van der Waals surface area contributed by atoms with Gasteiger partial charge in [0, 0.05) is 42.2 Å². The number of nitrogens with zero attached hydrogens (tertiary/aromatic N) is 2. The number of rotatable bonds is 3. The first-order chi connectivity index (χ1) is 14.0. The highest BCUT2D eigenvalue weighted by atomic mass is 16.3. The fourth-order valence-corrected chi connectivity index (χ4v) is 3.83.